The van der Waals surface area contributed by atoms with Gasteiger partial charge in [0.25, 0.3) is 11.6 Å². The normalized spacial score (nSPS) is 10.6. The number of rotatable bonds is 6. The standard InChI is InChI=1S/C22H16N4O5/c1-14-20-16(12-17(18-8-5-11-29-18)24-21(20)31-25-14)22(28)30-13-19(27)26(10-9-23)15-6-3-2-4-7-15/h2-8,11-12H,10,13H2,1H3. The first-order valence-corrected chi connectivity index (χ1v) is 9.29. The van der Waals surface area contributed by atoms with Crippen molar-refractivity contribution in [3.05, 3.63) is 66.1 Å². The summed E-state index contributed by atoms with van der Waals surface area (Å²) in [5.74, 6) is -0.838. The third-order valence-electron chi connectivity index (χ3n) is 4.54. The van der Waals surface area contributed by atoms with Gasteiger partial charge in [-0.2, -0.15) is 5.26 Å². The summed E-state index contributed by atoms with van der Waals surface area (Å²) in [7, 11) is 0. The number of nitrogens with zero attached hydrogens (tertiary/aromatic N) is 4. The highest BCUT2D eigenvalue weighted by Crippen LogP contribution is 2.27. The third-order valence-corrected chi connectivity index (χ3v) is 4.54. The first-order chi connectivity index (χ1) is 15.1. The molecule has 0 aliphatic rings. The molecule has 0 aliphatic heterocycles. The van der Waals surface area contributed by atoms with Crippen molar-refractivity contribution in [3.8, 4) is 17.5 Å². The van der Waals surface area contributed by atoms with E-state index in [0.29, 0.717) is 28.2 Å². The molecule has 0 bridgehead atoms. The van der Waals surface area contributed by atoms with Gasteiger partial charge in [0.05, 0.1) is 29.0 Å². The zero-order valence-electron chi connectivity index (χ0n) is 16.4. The Morgan fingerprint density at radius 2 is 2.00 bits per heavy atom. The maximum Gasteiger partial charge on any atom is 0.339 e. The van der Waals surface area contributed by atoms with E-state index in [-0.39, 0.29) is 17.8 Å². The smallest absolute Gasteiger partial charge is 0.339 e. The van der Waals surface area contributed by atoms with E-state index >= 15 is 0 Å². The molecular formula is C22H16N4O5. The highest BCUT2D eigenvalue weighted by molar-refractivity contribution is 6.05. The molecule has 3 heterocycles. The van der Waals surface area contributed by atoms with E-state index < -0.39 is 18.5 Å². The number of aryl methyl sites for hydroxylation is 1. The number of para-hydroxylation sites is 1. The molecule has 9 nitrogen and oxygen atoms in total. The lowest BCUT2D eigenvalue weighted by molar-refractivity contribution is -0.121. The molecule has 4 aromatic rings. The van der Waals surface area contributed by atoms with Crippen LogP contribution in [0.5, 0.6) is 0 Å². The Kier molecular flexibility index (Phi) is 5.45. The van der Waals surface area contributed by atoms with E-state index in [0.717, 1.165) is 0 Å². The summed E-state index contributed by atoms with van der Waals surface area (Å²) in [6.45, 7) is 0.957. The number of pyridine rings is 1. The van der Waals surface area contributed by atoms with Crippen molar-refractivity contribution >= 4 is 28.7 Å². The highest BCUT2D eigenvalue weighted by Gasteiger charge is 2.23. The number of amides is 1. The van der Waals surface area contributed by atoms with E-state index in [2.05, 4.69) is 10.1 Å². The maximum absolute atomic E-state index is 12.9. The fourth-order valence-electron chi connectivity index (χ4n) is 3.09. The van der Waals surface area contributed by atoms with Gasteiger partial charge in [0, 0.05) is 5.69 Å². The van der Waals surface area contributed by atoms with Crippen LogP contribution in [0.15, 0.2) is 63.7 Å². The number of fused-ring (bicyclic) bond motifs is 1. The van der Waals surface area contributed by atoms with Crippen LogP contribution in [0.3, 0.4) is 0 Å². The van der Waals surface area contributed by atoms with Crippen molar-refractivity contribution < 1.29 is 23.3 Å². The Hall–Kier alpha value is -4.45. The van der Waals surface area contributed by atoms with Gasteiger partial charge in [0.15, 0.2) is 12.4 Å². The number of benzene rings is 1. The van der Waals surface area contributed by atoms with Gasteiger partial charge in [0.2, 0.25) is 0 Å². The van der Waals surface area contributed by atoms with Gasteiger partial charge in [-0.25, -0.2) is 9.78 Å². The highest BCUT2D eigenvalue weighted by atomic mass is 16.5. The van der Waals surface area contributed by atoms with E-state index in [1.165, 1.54) is 17.2 Å². The van der Waals surface area contributed by atoms with Crippen molar-refractivity contribution in [3.63, 3.8) is 0 Å². The largest absolute Gasteiger partial charge is 0.463 e. The van der Waals surface area contributed by atoms with Crippen molar-refractivity contribution in [1.29, 1.82) is 5.26 Å². The van der Waals surface area contributed by atoms with Gasteiger partial charge in [-0.3, -0.25) is 9.69 Å². The summed E-state index contributed by atoms with van der Waals surface area (Å²) < 4.78 is 15.8. The number of aromatic nitrogens is 2. The van der Waals surface area contributed by atoms with Gasteiger partial charge in [0.1, 0.15) is 12.2 Å². The van der Waals surface area contributed by atoms with Gasteiger partial charge in [-0.1, -0.05) is 23.4 Å². The molecule has 0 saturated heterocycles. The van der Waals surface area contributed by atoms with Crippen LogP contribution < -0.4 is 4.90 Å². The Morgan fingerprint density at radius 3 is 2.71 bits per heavy atom. The molecule has 0 N–H and O–H groups in total. The van der Waals surface area contributed by atoms with Crippen LogP contribution in [0.4, 0.5) is 5.69 Å². The summed E-state index contributed by atoms with van der Waals surface area (Å²) in [4.78, 5) is 31.1. The van der Waals surface area contributed by atoms with E-state index in [4.69, 9.17) is 18.9 Å². The van der Waals surface area contributed by atoms with Gasteiger partial charge >= 0.3 is 5.97 Å². The molecule has 0 unspecified atom stereocenters. The Balaban J connectivity index is 1.59. The number of nitriles is 1. The van der Waals surface area contributed by atoms with Crippen LogP contribution in [-0.4, -0.2) is 35.2 Å². The number of furan rings is 1. The van der Waals surface area contributed by atoms with Crippen LogP contribution in [0.2, 0.25) is 0 Å². The van der Waals surface area contributed by atoms with Crippen LogP contribution in [0, 0.1) is 18.3 Å². The second-order valence-corrected chi connectivity index (χ2v) is 6.53. The number of hydrogen-bond donors (Lipinski definition) is 0. The average Bonchev–Trinajstić information content (AvgIpc) is 3.46. The topological polar surface area (TPSA) is 122 Å². The molecule has 0 aliphatic carbocycles. The third kappa shape index (κ3) is 4.00. The molecule has 4 rings (SSSR count). The zero-order valence-corrected chi connectivity index (χ0v) is 16.4. The molecule has 0 fully saturated rings. The lowest BCUT2D eigenvalue weighted by Crippen LogP contribution is -2.35. The summed E-state index contributed by atoms with van der Waals surface area (Å²) in [6, 6.07) is 15.5. The molecule has 1 aromatic carbocycles. The van der Waals surface area contributed by atoms with Gasteiger partial charge in [-0.15, -0.1) is 0 Å². The van der Waals surface area contributed by atoms with E-state index in [9.17, 15) is 9.59 Å². The predicted molar refractivity (Wildman–Crippen MR) is 109 cm³/mol. The van der Waals surface area contributed by atoms with Crippen molar-refractivity contribution in [1.82, 2.24) is 10.1 Å². The number of hydrogen-bond acceptors (Lipinski definition) is 8. The summed E-state index contributed by atoms with van der Waals surface area (Å²) in [5, 5.41) is 13.3. The first kappa shape index (κ1) is 19.8. The molecule has 31 heavy (non-hydrogen) atoms. The summed E-state index contributed by atoms with van der Waals surface area (Å²) >= 11 is 0. The molecule has 0 saturated carbocycles. The minimum absolute atomic E-state index is 0.148. The number of carbonyl (C=O) groups excluding carboxylic acids is 2. The molecule has 0 atom stereocenters. The van der Waals surface area contributed by atoms with Crippen LogP contribution >= 0.6 is 0 Å². The number of ether oxygens (including phenoxy) is 1. The number of carbonyl (C=O) groups is 2. The van der Waals surface area contributed by atoms with Crippen molar-refractivity contribution in [2.24, 2.45) is 0 Å². The minimum atomic E-state index is -0.746. The molecule has 9 heteroatoms. The molecule has 1 amide bonds. The Morgan fingerprint density at radius 1 is 1.19 bits per heavy atom. The average molecular weight is 416 g/mol. The monoisotopic (exact) mass is 416 g/mol. The Labute approximate surface area is 176 Å². The maximum atomic E-state index is 12.9. The zero-order chi connectivity index (χ0) is 21.8. The lowest BCUT2D eigenvalue weighted by atomic mass is 10.1. The van der Waals surface area contributed by atoms with Gasteiger partial charge in [-0.05, 0) is 37.3 Å². The number of esters is 1. The van der Waals surface area contributed by atoms with Crippen molar-refractivity contribution in [2.45, 2.75) is 6.92 Å². The molecule has 154 valence electrons. The quantitative estimate of drug-likeness (QED) is 0.346. The molecule has 0 spiro atoms. The van der Waals surface area contributed by atoms with E-state index in [1.54, 1.807) is 49.4 Å². The van der Waals surface area contributed by atoms with Crippen LogP contribution in [0.1, 0.15) is 16.1 Å². The fourth-order valence-corrected chi connectivity index (χ4v) is 3.09. The lowest BCUT2D eigenvalue weighted by Gasteiger charge is -2.19. The predicted octanol–water partition coefficient (Wildman–Crippen LogP) is 3.50. The van der Waals surface area contributed by atoms with Crippen molar-refractivity contribution in [2.75, 3.05) is 18.1 Å². The second kappa shape index (κ2) is 8.51. The van der Waals surface area contributed by atoms with Crippen LogP contribution in [0.25, 0.3) is 22.6 Å². The second-order valence-electron chi connectivity index (χ2n) is 6.53. The Bertz CT molecular complexity index is 1270. The SMILES string of the molecule is Cc1noc2nc(-c3ccco3)cc(C(=O)OCC(=O)N(CC#N)c3ccccc3)c12. The molecular weight excluding hydrogens is 400 g/mol. The summed E-state index contributed by atoms with van der Waals surface area (Å²) in [5.41, 5.74) is 1.66. The first-order valence-electron chi connectivity index (χ1n) is 9.29. The fraction of sp³-hybridized carbons (Fsp3) is 0.136. The molecule has 3 aromatic heterocycles. The minimum Gasteiger partial charge on any atom is -0.463 e. The molecule has 0 radical (unpaired) electrons. The van der Waals surface area contributed by atoms with Gasteiger partial charge < -0.3 is 13.7 Å². The van der Waals surface area contributed by atoms with Crippen LogP contribution in [-0.2, 0) is 9.53 Å². The van der Waals surface area contributed by atoms with E-state index in [1.807, 2.05) is 6.07 Å². The number of anilines is 1. The summed E-state index contributed by atoms with van der Waals surface area (Å²) in [6.07, 6.45) is 1.48.